The number of nitrogens with one attached hydrogen (secondary N) is 1. The third-order valence-electron chi connectivity index (χ3n) is 2.60. The molecule has 1 N–H and O–H groups in total. The first kappa shape index (κ1) is 20.8. The molecule has 0 aliphatic heterocycles. The summed E-state index contributed by atoms with van der Waals surface area (Å²) >= 11 is 0. The van der Waals surface area contributed by atoms with E-state index in [-0.39, 0.29) is 11.0 Å². The quantitative estimate of drug-likeness (QED) is 0.378. The lowest BCUT2D eigenvalue weighted by atomic mass is 9.94. The van der Waals surface area contributed by atoms with Crippen LogP contribution in [0.15, 0.2) is 4.99 Å². The first-order chi connectivity index (χ1) is 9.54. The molecule has 0 aliphatic rings. The molecule has 0 aliphatic carbocycles. The van der Waals surface area contributed by atoms with E-state index in [2.05, 4.69) is 44.9 Å². The highest BCUT2D eigenvalue weighted by molar-refractivity contribution is 7.53. The largest absolute Gasteiger partial charge is 0.331 e. The lowest BCUT2D eigenvalue weighted by Gasteiger charge is -2.23. The van der Waals surface area contributed by atoms with E-state index in [1.807, 2.05) is 20.1 Å². The summed E-state index contributed by atoms with van der Waals surface area (Å²) in [7, 11) is -2.94. The van der Waals surface area contributed by atoms with Crippen LogP contribution in [-0.4, -0.2) is 44.2 Å². The van der Waals surface area contributed by atoms with Gasteiger partial charge in [-0.25, -0.2) is 0 Å². The normalized spacial score (nSPS) is 14.0. The average Bonchev–Trinajstić information content (AvgIpc) is 2.33. The third kappa shape index (κ3) is 11.1. The minimum Gasteiger partial charge on any atom is -0.315 e. The van der Waals surface area contributed by atoms with Crippen LogP contribution in [0.25, 0.3) is 0 Å². The molecule has 0 amide bonds. The van der Waals surface area contributed by atoms with Crippen LogP contribution in [0.3, 0.4) is 0 Å². The lowest BCUT2D eigenvalue weighted by Crippen LogP contribution is -2.33. The van der Waals surface area contributed by atoms with Crippen LogP contribution in [0.2, 0.25) is 0 Å². The molecule has 0 spiro atoms. The van der Waals surface area contributed by atoms with Gasteiger partial charge in [0.15, 0.2) is 0 Å². The number of hydrogen-bond donors (Lipinski definition) is 1. The fourth-order valence-electron chi connectivity index (χ4n) is 1.60. The maximum Gasteiger partial charge on any atom is 0.331 e. The SMILES string of the molecule is CCOP(=O)(CCNCC(C)(C)C=NC(C)(C)C)OCC. The molecule has 0 bridgehead atoms. The molecule has 0 heterocycles. The van der Waals surface area contributed by atoms with Gasteiger partial charge in [0.25, 0.3) is 0 Å². The van der Waals surface area contributed by atoms with Crippen molar-refractivity contribution in [2.75, 3.05) is 32.5 Å². The summed E-state index contributed by atoms with van der Waals surface area (Å²) in [6.07, 6.45) is 2.38. The Morgan fingerprint density at radius 3 is 2.05 bits per heavy atom. The molecule has 0 rings (SSSR count). The van der Waals surface area contributed by atoms with Crippen molar-refractivity contribution in [1.82, 2.24) is 5.32 Å². The number of aliphatic imine (C=N–C) groups is 1. The summed E-state index contributed by atoms with van der Waals surface area (Å²) in [5.74, 6) is 0. The third-order valence-corrected chi connectivity index (χ3v) is 4.67. The Morgan fingerprint density at radius 1 is 1.10 bits per heavy atom. The Bertz CT molecular complexity index is 352. The van der Waals surface area contributed by atoms with Crippen LogP contribution in [0.4, 0.5) is 0 Å². The van der Waals surface area contributed by atoms with Crippen LogP contribution >= 0.6 is 7.60 Å². The molecular formula is C15H33N2O3P. The first-order valence-corrected chi connectivity index (χ1v) is 9.41. The Labute approximate surface area is 130 Å². The van der Waals surface area contributed by atoms with Crippen molar-refractivity contribution in [2.24, 2.45) is 10.4 Å². The highest BCUT2D eigenvalue weighted by atomic mass is 31.2. The molecule has 0 unspecified atom stereocenters. The highest BCUT2D eigenvalue weighted by Crippen LogP contribution is 2.47. The second kappa shape index (κ2) is 9.04. The van der Waals surface area contributed by atoms with Crippen molar-refractivity contribution in [3.05, 3.63) is 0 Å². The lowest BCUT2D eigenvalue weighted by molar-refractivity contribution is 0.220. The minimum atomic E-state index is -2.94. The van der Waals surface area contributed by atoms with Gasteiger partial charge in [0, 0.05) is 24.7 Å². The Morgan fingerprint density at radius 2 is 1.62 bits per heavy atom. The van der Waals surface area contributed by atoms with Gasteiger partial charge in [-0.3, -0.25) is 9.56 Å². The van der Waals surface area contributed by atoms with Crippen molar-refractivity contribution in [3.8, 4) is 0 Å². The molecule has 5 nitrogen and oxygen atoms in total. The molecule has 6 heteroatoms. The van der Waals surface area contributed by atoms with E-state index < -0.39 is 7.60 Å². The molecule has 0 radical (unpaired) electrons. The van der Waals surface area contributed by atoms with Gasteiger partial charge in [-0.05, 0) is 34.6 Å². The summed E-state index contributed by atoms with van der Waals surface area (Å²) in [6.45, 7) is 16.3. The molecular weight excluding hydrogens is 287 g/mol. The summed E-state index contributed by atoms with van der Waals surface area (Å²) in [6, 6.07) is 0. The smallest absolute Gasteiger partial charge is 0.315 e. The zero-order valence-corrected chi connectivity index (χ0v) is 15.6. The van der Waals surface area contributed by atoms with E-state index in [0.29, 0.717) is 25.9 Å². The molecule has 0 aromatic heterocycles. The Kier molecular flexibility index (Phi) is 8.94. The van der Waals surface area contributed by atoms with E-state index in [4.69, 9.17) is 9.05 Å². The fourth-order valence-corrected chi connectivity index (χ4v) is 3.15. The van der Waals surface area contributed by atoms with Gasteiger partial charge in [0.1, 0.15) is 0 Å². The number of hydrogen-bond acceptors (Lipinski definition) is 5. The standard InChI is InChI=1S/C15H33N2O3P/c1-8-19-21(18,20-9-2)11-10-16-12-15(6,7)13-17-14(3,4)5/h13,16H,8-12H2,1-7H3. The van der Waals surface area contributed by atoms with Crippen LogP contribution in [-0.2, 0) is 13.6 Å². The van der Waals surface area contributed by atoms with Gasteiger partial charge in [-0.15, -0.1) is 0 Å². The Balaban J connectivity index is 4.24. The molecule has 21 heavy (non-hydrogen) atoms. The zero-order chi connectivity index (χ0) is 16.6. The molecule has 0 saturated heterocycles. The van der Waals surface area contributed by atoms with Crippen molar-refractivity contribution in [2.45, 2.75) is 54.0 Å². The zero-order valence-electron chi connectivity index (χ0n) is 14.7. The predicted molar refractivity (Wildman–Crippen MR) is 90.6 cm³/mol. The first-order valence-electron chi connectivity index (χ1n) is 7.69. The molecule has 0 saturated carbocycles. The molecule has 0 fully saturated rings. The van der Waals surface area contributed by atoms with Gasteiger partial charge in [-0.1, -0.05) is 13.8 Å². The van der Waals surface area contributed by atoms with Gasteiger partial charge >= 0.3 is 7.60 Å². The van der Waals surface area contributed by atoms with Gasteiger partial charge in [0.2, 0.25) is 0 Å². The van der Waals surface area contributed by atoms with Crippen LogP contribution in [0.5, 0.6) is 0 Å². The van der Waals surface area contributed by atoms with Gasteiger partial charge in [0.05, 0.1) is 24.9 Å². The predicted octanol–water partition coefficient (Wildman–Crippen LogP) is 3.74. The summed E-state index contributed by atoms with van der Waals surface area (Å²) < 4.78 is 22.8. The fraction of sp³-hybridized carbons (Fsp3) is 0.933. The van der Waals surface area contributed by atoms with Crippen molar-refractivity contribution < 1.29 is 13.6 Å². The van der Waals surface area contributed by atoms with Crippen molar-refractivity contribution in [1.29, 1.82) is 0 Å². The molecule has 0 atom stereocenters. The Hall–Kier alpha value is -0.220. The van der Waals surface area contributed by atoms with E-state index in [1.165, 1.54) is 0 Å². The summed E-state index contributed by atoms with van der Waals surface area (Å²) in [4.78, 5) is 4.55. The van der Waals surface area contributed by atoms with E-state index in [0.717, 1.165) is 6.54 Å². The van der Waals surface area contributed by atoms with E-state index in [9.17, 15) is 4.57 Å². The summed E-state index contributed by atoms with van der Waals surface area (Å²) in [5, 5.41) is 3.31. The number of rotatable bonds is 10. The van der Waals surface area contributed by atoms with Gasteiger partial charge in [-0.2, -0.15) is 0 Å². The van der Waals surface area contributed by atoms with Crippen LogP contribution in [0.1, 0.15) is 48.5 Å². The summed E-state index contributed by atoms with van der Waals surface area (Å²) in [5.41, 5.74) is -0.106. The van der Waals surface area contributed by atoms with Crippen LogP contribution in [0, 0.1) is 5.41 Å². The van der Waals surface area contributed by atoms with Crippen LogP contribution < -0.4 is 5.32 Å². The maximum absolute atomic E-state index is 12.3. The van der Waals surface area contributed by atoms with E-state index in [1.54, 1.807) is 0 Å². The van der Waals surface area contributed by atoms with Gasteiger partial charge < -0.3 is 14.4 Å². The molecule has 0 aromatic rings. The minimum absolute atomic E-state index is 0.0471. The van der Waals surface area contributed by atoms with Crippen molar-refractivity contribution in [3.63, 3.8) is 0 Å². The topological polar surface area (TPSA) is 59.9 Å². The van der Waals surface area contributed by atoms with Crippen molar-refractivity contribution >= 4 is 13.8 Å². The van der Waals surface area contributed by atoms with E-state index >= 15 is 0 Å². The highest BCUT2D eigenvalue weighted by Gasteiger charge is 2.23. The average molecular weight is 320 g/mol. The maximum atomic E-state index is 12.3. The number of nitrogens with zero attached hydrogens (tertiary/aromatic N) is 1. The second-order valence-electron chi connectivity index (χ2n) is 6.76. The second-order valence-corrected chi connectivity index (χ2v) is 8.95. The molecule has 126 valence electrons. The molecule has 0 aromatic carbocycles. The monoisotopic (exact) mass is 320 g/mol.